The first-order chi connectivity index (χ1) is 6.11. The van der Waals surface area contributed by atoms with Gasteiger partial charge in [-0.3, -0.25) is 0 Å². The van der Waals surface area contributed by atoms with Crippen LogP contribution in [0.25, 0.3) is 0 Å². The first-order valence-electron chi connectivity index (χ1n) is 3.23. The fraction of sp³-hybridized carbons (Fsp3) is 0. The van der Waals surface area contributed by atoms with Gasteiger partial charge in [0.15, 0.2) is 17.8 Å². The van der Waals surface area contributed by atoms with Crippen LogP contribution in [-0.4, -0.2) is 0 Å². The van der Waals surface area contributed by atoms with Gasteiger partial charge in [0.2, 0.25) is 5.82 Å². The zero-order chi connectivity index (χ0) is 9.84. The van der Waals surface area contributed by atoms with E-state index in [1.54, 1.807) is 0 Å². The second-order valence-corrected chi connectivity index (χ2v) is 2.08. The summed E-state index contributed by atoms with van der Waals surface area (Å²) in [5, 5.41) is 0. The van der Waals surface area contributed by atoms with Crippen molar-refractivity contribution >= 4 is 0 Å². The Morgan fingerprint density at radius 1 is 1.23 bits per heavy atom. The number of rotatable bonds is 2. The summed E-state index contributed by atoms with van der Waals surface area (Å²) >= 11 is 0. The fourth-order valence-corrected chi connectivity index (χ4v) is 0.683. The van der Waals surface area contributed by atoms with Gasteiger partial charge in [0.1, 0.15) is 0 Å². The minimum Gasteiger partial charge on any atom is -0.456 e. The van der Waals surface area contributed by atoms with Gasteiger partial charge < -0.3 is 4.74 Å². The zero-order valence-corrected chi connectivity index (χ0v) is 6.23. The molecule has 0 saturated heterocycles. The van der Waals surface area contributed by atoms with Crippen LogP contribution >= 0.6 is 0 Å². The molecule has 1 aromatic carbocycles. The molecule has 0 spiro atoms. The third-order valence-electron chi connectivity index (χ3n) is 1.19. The van der Waals surface area contributed by atoms with E-state index >= 15 is 0 Å². The summed E-state index contributed by atoms with van der Waals surface area (Å²) in [4.78, 5) is 0. The number of benzene rings is 1. The van der Waals surface area contributed by atoms with Crippen molar-refractivity contribution in [1.29, 1.82) is 0 Å². The molecule has 0 aliphatic rings. The highest BCUT2D eigenvalue weighted by Crippen LogP contribution is 2.19. The summed E-state index contributed by atoms with van der Waals surface area (Å²) in [6, 6.07) is 3.05. The predicted octanol–water partition coefficient (Wildman–Crippen LogP) is 3.08. The normalized spacial score (nSPS) is 9.54. The molecule has 1 aromatic rings. The molecule has 0 unspecified atom stereocenters. The molecular formula is C8H4F4O. The molecule has 70 valence electrons. The van der Waals surface area contributed by atoms with Crippen molar-refractivity contribution in [3.8, 4) is 5.75 Å². The van der Waals surface area contributed by atoms with Crippen LogP contribution in [0.4, 0.5) is 17.6 Å². The Labute approximate surface area is 71.2 Å². The molecule has 0 bridgehead atoms. The number of hydrogen-bond donors (Lipinski definition) is 0. The first kappa shape index (κ1) is 9.57. The van der Waals surface area contributed by atoms with E-state index in [1.807, 2.05) is 0 Å². The maximum atomic E-state index is 12.7. The summed E-state index contributed by atoms with van der Waals surface area (Å²) in [6.45, 7) is 0. The van der Waals surface area contributed by atoms with Crippen LogP contribution in [0.1, 0.15) is 0 Å². The van der Waals surface area contributed by atoms with E-state index < -0.39 is 23.5 Å². The summed E-state index contributed by atoms with van der Waals surface area (Å²) in [6.07, 6.45) is -2.08. The molecule has 0 radical (unpaired) electrons. The van der Waals surface area contributed by atoms with Crippen LogP contribution in [0.3, 0.4) is 0 Å². The molecule has 0 aromatic heterocycles. The van der Waals surface area contributed by atoms with Crippen molar-refractivity contribution < 1.29 is 22.3 Å². The molecule has 0 amide bonds. The van der Waals surface area contributed by atoms with Crippen molar-refractivity contribution in [3.05, 3.63) is 42.2 Å². The highest BCUT2D eigenvalue weighted by molar-refractivity contribution is 5.25. The molecule has 0 aliphatic heterocycles. The van der Waals surface area contributed by atoms with E-state index in [0.717, 1.165) is 18.2 Å². The summed E-state index contributed by atoms with van der Waals surface area (Å²) in [5.41, 5.74) is 0. The van der Waals surface area contributed by atoms with Gasteiger partial charge in [0.05, 0.1) is 0 Å². The minimum absolute atomic E-state index is 0.0395. The van der Waals surface area contributed by atoms with Gasteiger partial charge >= 0.3 is 6.08 Å². The second-order valence-electron chi connectivity index (χ2n) is 2.08. The Bertz CT molecular complexity index is 331. The smallest absolute Gasteiger partial charge is 0.305 e. The van der Waals surface area contributed by atoms with Gasteiger partial charge in [-0.2, -0.15) is 13.2 Å². The summed E-state index contributed by atoms with van der Waals surface area (Å²) in [5.74, 6) is -3.02. The summed E-state index contributed by atoms with van der Waals surface area (Å²) in [7, 11) is 0. The first-order valence-corrected chi connectivity index (χ1v) is 3.23. The number of hydrogen-bond acceptors (Lipinski definition) is 1. The minimum atomic E-state index is -2.12. The largest absolute Gasteiger partial charge is 0.456 e. The lowest BCUT2D eigenvalue weighted by Gasteiger charge is -2.00. The molecule has 5 heteroatoms. The third kappa shape index (κ3) is 2.47. The Morgan fingerprint density at radius 3 is 2.54 bits per heavy atom. The van der Waals surface area contributed by atoms with Crippen LogP contribution in [-0.2, 0) is 0 Å². The van der Waals surface area contributed by atoms with Crippen molar-refractivity contribution in [2.24, 2.45) is 0 Å². The quantitative estimate of drug-likeness (QED) is 0.516. The van der Waals surface area contributed by atoms with Gasteiger partial charge in [-0.15, -0.1) is 0 Å². The van der Waals surface area contributed by atoms with E-state index in [4.69, 9.17) is 0 Å². The molecule has 13 heavy (non-hydrogen) atoms. The molecule has 0 aliphatic carbocycles. The molecule has 0 saturated carbocycles. The lowest BCUT2D eigenvalue weighted by atomic mass is 10.3. The van der Waals surface area contributed by atoms with Crippen molar-refractivity contribution in [2.75, 3.05) is 0 Å². The number of halogens is 4. The molecular weight excluding hydrogens is 188 g/mol. The third-order valence-corrected chi connectivity index (χ3v) is 1.19. The van der Waals surface area contributed by atoms with Crippen molar-refractivity contribution in [3.63, 3.8) is 0 Å². The zero-order valence-electron chi connectivity index (χ0n) is 6.23. The topological polar surface area (TPSA) is 9.23 Å². The Morgan fingerprint density at radius 2 is 1.92 bits per heavy atom. The van der Waals surface area contributed by atoms with Crippen LogP contribution in [0.2, 0.25) is 0 Å². The lowest BCUT2D eigenvalue weighted by molar-refractivity contribution is 0.351. The standard InChI is InChI=1S/C8H4F4O/c9-5-2-1-3-6(8(5)12)13-4-7(10)11/h1-4H. The van der Waals surface area contributed by atoms with Gasteiger partial charge in [-0.05, 0) is 12.1 Å². The highest BCUT2D eigenvalue weighted by atomic mass is 19.3. The van der Waals surface area contributed by atoms with E-state index in [9.17, 15) is 17.6 Å². The van der Waals surface area contributed by atoms with Gasteiger partial charge in [-0.1, -0.05) is 6.07 Å². The van der Waals surface area contributed by atoms with Gasteiger partial charge in [-0.25, -0.2) is 4.39 Å². The van der Waals surface area contributed by atoms with E-state index in [1.165, 1.54) is 0 Å². The van der Waals surface area contributed by atoms with Gasteiger partial charge in [0.25, 0.3) is 0 Å². The predicted molar refractivity (Wildman–Crippen MR) is 37.3 cm³/mol. The monoisotopic (exact) mass is 192 g/mol. The Balaban J connectivity index is 2.89. The Hall–Kier alpha value is -1.52. The summed E-state index contributed by atoms with van der Waals surface area (Å²) < 4.78 is 52.2. The van der Waals surface area contributed by atoms with E-state index in [-0.39, 0.29) is 6.26 Å². The molecule has 0 atom stereocenters. The average molecular weight is 192 g/mol. The number of ether oxygens (including phenoxy) is 1. The molecule has 0 fully saturated rings. The Kier molecular flexibility index (Phi) is 2.89. The molecule has 0 heterocycles. The SMILES string of the molecule is FC(F)=COc1cccc(F)c1F. The molecule has 0 N–H and O–H groups in total. The maximum absolute atomic E-state index is 12.7. The van der Waals surface area contributed by atoms with Crippen LogP contribution < -0.4 is 4.74 Å². The maximum Gasteiger partial charge on any atom is 0.305 e. The van der Waals surface area contributed by atoms with Crippen LogP contribution in [0.15, 0.2) is 30.5 Å². The van der Waals surface area contributed by atoms with Gasteiger partial charge in [0, 0.05) is 0 Å². The van der Waals surface area contributed by atoms with Crippen molar-refractivity contribution in [1.82, 2.24) is 0 Å². The lowest BCUT2D eigenvalue weighted by Crippen LogP contribution is -1.90. The van der Waals surface area contributed by atoms with Crippen LogP contribution in [0.5, 0.6) is 5.75 Å². The van der Waals surface area contributed by atoms with Crippen LogP contribution in [0, 0.1) is 11.6 Å². The second kappa shape index (κ2) is 3.93. The average Bonchev–Trinajstić information content (AvgIpc) is 2.07. The molecule has 1 rings (SSSR count). The van der Waals surface area contributed by atoms with E-state index in [0.29, 0.717) is 0 Å². The highest BCUT2D eigenvalue weighted by Gasteiger charge is 2.07. The fourth-order valence-electron chi connectivity index (χ4n) is 0.683. The van der Waals surface area contributed by atoms with Crippen molar-refractivity contribution in [2.45, 2.75) is 0 Å². The van der Waals surface area contributed by atoms with E-state index in [2.05, 4.69) is 4.74 Å². The molecule has 1 nitrogen and oxygen atoms in total.